The fraction of sp³-hybridized carbons (Fsp3) is 0.583. The van der Waals surface area contributed by atoms with E-state index in [4.69, 9.17) is 4.74 Å². The summed E-state index contributed by atoms with van der Waals surface area (Å²) in [4.78, 5) is 43.5. The quantitative estimate of drug-likeness (QED) is 0.224. The summed E-state index contributed by atoms with van der Waals surface area (Å²) < 4.78 is 5.57. The molecule has 0 saturated heterocycles. The van der Waals surface area contributed by atoms with Crippen LogP contribution in [0.4, 0.5) is 4.79 Å². The summed E-state index contributed by atoms with van der Waals surface area (Å²) in [5, 5.41) is 6.16. The Morgan fingerprint density at radius 1 is 0.907 bits per heavy atom. The third-order valence-electron chi connectivity index (χ3n) is 7.96. The van der Waals surface area contributed by atoms with Gasteiger partial charge in [-0.3, -0.25) is 9.59 Å². The number of carbonyl (C=O) groups excluding carboxylic acids is 3. The highest BCUT2D eigenvalue weighted by atomic mass is 16.6. The maximum absolute atomic E-state index is 14.6. The Morgan fingerprint density at radius 3 is 2.19 bits per heavy atom. The first-order valence-corrected chi connectivity index (χ1v) is 16.3. The number of benzene rings is 2. The molecule has 2 aromatic carbocycles. The van der Waals surface area contributed by atoms with Gasteiger partial charge in [0.1, 0.15) is 17.7 Å². The first-order valence-electron chi connectivity index (χ1n) is 16.3. The fourth-order valence-corrected chi connectivity index (χ4v) is 5.70. The molecule has 0 aromatic heterocycles. The minimum absolute atomic E-state index is 0.107. The van der Waals surface area contributed by atoms with Crippen LogP contribution in [0.3, 0.4) is 0 Å². The third kappa shape index (κ3) is 11.7. The van der Waals surface area contributed by atoms with Crippen molar-refractivity contribution < 1.29 is 19.1 Å². The molecule has 236 valence electrons. The molecule has 0 aliphatic heterocycles. The minimum atomic E-state index is -0.900. The number of hydrogen-bond acceptors (Lipinski definition) is 4. The molecule has 43 heavy (non-hydrogen) atoms. The van der Waals surface area contributed by atoms with E-state index in [1.165, 1.54) is 6.42 Å². The van der Waals surface area contributed by atoms with Crippen molar-refractivity contribution in [2.24, 2.45) is 0 Å². The largest absolute Gasteiger partial charge is 0.444 e. The first-order chi connectivity index (χ1) is 20.6. The van der Waals surface area contributed by atoms with Crippen LogP contribution in [0.1, 0.15) is 115 Å². The highest BCUT2D eigenvalue weighted by molar-refractivity contribution is 5.92. The first kappa shape index (κ1) is 34.1. The number of nitrogens with one attached hydrogen (secondary N) is 2. The predicted octanol–water partition coefficient (Wildman–Crippen LogP) is 7.42. The van der Waals surface area contributed by atoms with Crippen LogP contribution in [0.5, 0.6) is 0 Å². The zero-order chi connectivity index (χ0) is 31.2. The highest BCUT2D eigenvalue weighted by Gasteiger charge is 2.37. The van der Waals surface area contributed by atoms with Crippen LogP contribution in [-0.2, 0) is 20.7 Å². The molecule has 7 heteroatoms. The highest BCUT2D eigenvalue weighted by Crippen LogP contribution is 2.26. The average Bonchev–Trinajstić information content (AvgIpc) is 2.96. The van der Waals surface area contributed by atoms with Crippen LogP contribution >= 0.6 is 0 Å². The molecular formula is C36H53N3O4. The number of hydrogen-bond donors (Lipinski definition) is 2. The van der Waals surface area contributed by atoms with Crippen LogP contribution in [-0.4, -0.2) is 47.0 Å². The van der Waals surface area contributed by atoms with Crippen molar-refractivity contribution in [3.8, 4) is 0 Å². The van der Waals surface area contributed by atoms with E-state index < -0.39 is 23.8 Å². The number of ether oxygens (including phenoxy) is 1. The molecule has 0 spiro atoms. The van der Waals surface area contributed by atoms with Gasteiger partial charge in [-0.1, -0.05) is 112 Å². The summed E-state index contributed by atoms with van der Waals surface area (Å²) in [7, 11) is 0. The van der Waals surface area contributed by atoms with E-state index in [1.807, 2.05) is 61.5 Å². The molecule has 1 fully saturated rings. The predicted molar refractivity (Wildman–Crippen MR) is 173 cm³/mol. The third-order valence-corrected chi connectivity index (χ3v) is 7.96. The van der Waals surface area contributed by atoms with Crippen LogP contribution in [0.15, 0.2) is 54.6 Å². The minimum Gasteiger partial charge on any atom is -0.444 e. The molecule has 1 aliphatic rings. The van der Waals surface area contributed by atoms with Gasteiger partial charge in [0, 0.05) is 19.0 Å². The van der Waals surface area contributed by atoms with Crippen molar-refractivity contribution in [3.05, 3.63) is 71.3 Å². The van der Waals surface area contributed by atoms with Gasteiger partial charge in [-0.15, -0.1) is 0 Å². The van der Waals surface area contributed by atoms with Gasteiger partial charge in [0.25, 0.3) is 0 Å². The lowest BCUT2D eigenvalue weighted by atomic mass is 9.94. The maximum Gasteiger partial charge on any atom is 0.408 e. The number of alkyl carbamates (subject to hydrolysis) is 1. The summed E-state index contributed by atoms with van der Waals surface area (Å²) in [5.74, 6) is -0.442. The second-order valence-electron chi connectivity index (χ2n) is 13.0. The number of rotatable bonds is 14. The van der Waals surface area contributed by atoms with E-state index >= 15 is 0 Å². The molecule has 0 heterocycles. The van der Waals surface area contributed by atoms with Gasteiger partial charge >= 0.3 is 6.09 Å². The molecule has 3 amide bonds. The van der Waals surface area contributed by atoms with Crippen LogP contribution in [0.2, 0.25) is 0 Å². The van der Waals surface area contributed by atoms with E-state index in [9.17, 15) is 14.4 Å². The number of unbranched alkanes of at least 4 members (excludes halogenated alkanes) is 4. The summed E-state index contributed by atoms with van der Waals surface area (Å²) in [5.41, 5.74) is 2.06. The van der Waals surface area contributed by atoms with Crippen molar-refractivity contribution in [3.63, 3.8) is 0 Å². The van der Waals surface area contributed by atoms with E-state index in [2.05, 4.69) is 17.6 Å². The van der Waals surface area contributed by atoms with Crippen molar-refractivity contribution in [1.29, 1.82) is 0 Å². The Hall–Kier alpha value is -3.35. The van der Waals surface area contributed by atoms with E-state index in [1.54, 1.807) is 25.7 Å². The van der Waals surface area contributed by atoms with Gasteiger partial charge in [-0.25, -0.2) is 4.79 Å². The number of nitrogens with zero attached hydrogens (tertiary/aromatic N) is 1. The second-order valence-corrected chi connectivity index (χ2v) is 13.0. The number of carbonyl (C=O) groups is 3. The van der Waals surface area contributed by atoms with Gasteiger partial charge in [0.15, 0.2) is 0 Å². The summed E-state index contributed by atoms with van der Waals surface area (Å²) in [6.45, 7) is 10.00. The van der Waals surface area contributed by atoms with Gasteiger partial charge in [-0.05, 0) is 58.1 Å². The van der Waals surface area contributed by atoms with Crippen LogP contribution < -0.4 is 10.6 Å². The topological polar surface area (TPSA) is 87.7 Å². The molecule has 1 saturated carbocycles. The lowest BCUT2D eigenvalue weighted by Gasteiger charge is -2.36. The average molecular weight is 592 g/mol. The van der Waals surface area contributed by atoms with Gasteiger partial charge in [0.05, 0.1) is 0 Å². The van der Waals surface area contributed by atoms with Crippen LogP contribution in [0.25, 0.3) is 0 Å². The molecule has 2 atom stereocenters. The van der Waals surface area contributed by atoms with E-state index in [-0.39, 0.29) is 24.3 Å². The zero-order valence-electron chi connectivity index (χ0n) is 27.0. The van der Waals surface area contributed by atoms with Crippen LogP contribution in [0, 0.1) is 6.92 Å². The Balaban J connectivity index is 1.99. The summed E-state index contributed by atoms with van der Waals surface area (Å²) in [6.07, 6.45) is 9.99. The maximum atomic E-state index is 14.6. The van der Waals surface area contributed by atoms with Crippen molar-refractivity contribution in [2.75, 3.05) is 6.54 Å². The Labute approximate surface area is 259 Å². The number of aryl methyl sites for hydroxylation is 1. The normalized spacial score (nSPS) is 15.3. The molecular weight excluding hydrogens is 538 g/mol. The van der Waals surface area contributed by atoms with Gasteiger partial charge in [-0.2, -0.15) is 0 Å². The Bertz CT molecular complexity index is 1140. The molecule has 2 aromatic rings. The Kier molecular flexibility index (Phi) is 13.6. The molecule has 0 radical (unpaired) electrons. The number of amides is 3. The fourth-order valence-electron chi connectivity index (χ4n) is 5.70. The Morgan fingerprint density at radius 2 is 1.56 bits per heavy atom. The molecule has 2 N–H and O–H groups in total. The standard InChI is InChI=1S/C36H53N3O4/c1-6-7-8-9-16-25-39(32(29-23-21-27(2)22-24-29)33(40)37-30-19-14-11-15-20-30)34(41)31(26-28-17-12-10-13-18-28)38-35(42)43-36(3,4)5/h10,12-13,17-18,21-24,30-32H,6-9,11,14-16,19-20,25-26H2,1-5H3,(H,37,40)(H,38,42). The molecule has 2 unspecified atom stereocenters. The zero-order valence-corrected chi connectivity index (χ0v) is 27.0. The second kappa shape index (κ2) is 17.1. The molecule has 0 bridgehead atoms. The van der Waals surface area contributed by atoms with Gasteiger partial charge < -0.3 is 20.3 Å². The SMILES string of the molecule is CCCCCCCN(C(=O)C(Cc1ccccc1)NC(=O)OC(C)(C)C)C(C(=O)NC1CCCCC1)c1ccc(C)cc1. The van der Waals surface area contributed by atoms with Gasteiger partial charge in [0.2, 0.25) is 11.8 Å². The van der Waals surface area contributed by atoms with E-state index in [0.717, 1.165) is 74.5 Å². The monoisotopic (exact) mass is 591 g/mol. The molecule has 7 nitrogen and oxygen atoms in total. The van der Waals surface area contributed by atoms with Crippen molar-refractivity contribution in [2.45, 2.75) is 129 Å². The lowest BCUT2D eigenvalue weighted by molar-refractivity contribution is -0.143. The van der Waals surface area contributed by atoms with E-state index in [0.29, 0.717) is 6.54 Å². The lowest BCUT2D eigenvalue weighted by Crippen LogP contribution is -2.54. The van der Waals surface area contributed by atoms with Crippen molar-refractivity contribution in [1.82, 2.24) is 15.5 Å². The smallest absolute Gasteiger partial charge is 0.408 e. The molecule has 3 rings (SSSR count). The molecule has 1 aliphatic carbocycles. The summed E-state index contributed by atoms with van der Waals surface area (Å²) in [6, 6.07) is 15.9. The summed E-state index contributed by atoms with van der Waals surface area (Å²) >= 11 is 0. The van der Waals surface area contributed by atoms with Crippen molar-refractivity contribution >= 4 is 17.9 Å².